The van der Waals surface area contributed by atoms with Crippen molar-refractivity contribution in [3.05, 3.63) is 54.1 Å². The van der Waals surface area contributed by atoms with Crippen molar-refractivity contribution in [3.8, 4) is 11.1 Å². The molecule has 0 saturated heterocycles. The van der Waals surface area contributed by atoms with Crippen LogP contribution in [0.3, 0.4) is 0 Å². The lowest BCUT2D eigenvalue weighted by molar-refractivity contribution is -0.139. The number of nitrogens with zero attached hydrogens (tertiary/aromatic N) is 1. The first kappa shape index (κ1) is 19.1. The van der Waals surface area contributed by atoms with Gasteiger partial charge in [-0.1, -0.05) is 50.2 Å². The first-order valence-corrected chi connectivity index (χ1v) is 8.89. The predicted octanol–water partition coefficient (Wildman–Crippen LogP) is 2.52. The van der Waals surface area contributed by atoms with Crippen LogP contribution in [0.5, 0.6) is 0 Å². The first-order chi connectivity index (χ1) is 11.8. The molecule has 0 aliphatic heterocycles. The Morgan fingerprint density at radius 3 is 1.96 bits per heavy atom. The van der Waals surface area contributed by atoms with Crippen LogP contribution < -0.4 is 10.0 Å². The topological polar surface area (TPSA) is 107 Å². The molecular weight excluding hydrogens is 340 g/mol. The van der Waals surface area contributed by atoms with Gasteiger partial charge in [0, 0.05) is 23.5 Å². The summed E-state index contributed by atoms with van der Waals surface area (Å²) in [5, 5.41) is 9.38. The number of nitrogens with two attached hydrogens (primary N) is 1. The number of hydrogen-bond acceptors (Lipinski definition) is 4. The maximum absolute atomic E-state index is 11.6. The zero-order valence-corrected chi connectivity index (χ0v) is 14.9. The molecule has 0 spiro atoms. The number of hydrogen-bond donors (Lipinski definition) is 2. The summed E-state index contributed by atoms with van der Waals surface area (Å²) >= 11 is -2.69. The first-order valence-electron chi connectivity index (χ1n) is 7.86. The summed E-state index contributed by atoms with van der Waals surface area (Å²) in [6, 6.07) is 13.3. The number of carbonyl (C=O) groups is 1. The standard InChI is InChI=1S/C18H22N2O4S/c1-12(2)17(18(21)22)20(25(23)24)16-9-7-15(8-10-16)14-5-3-13(11-19)4-6-14/h3-10,12,17H,11,19H2,1-2H3,(H,21,22)(H,23,24)/p-1. The fourth-order valence-corrected chi connectivity index (χ4v) is 3.44. The molecule has 0 radical (unpaired) electrons. The molecule has 2 atom stereocenters. The average molecular weight is 361 g/mol. The third-order valence-electron chi connectivity index (χ3n) is 3.94. The van der Waals surface area contributed by atoms with Crippen LogP contribution in [0, 0.1) is 5.92 Å². The molecule has 2 aromatic carbocycles. The van der Waals surface area contributed by atoms with Crippen LogP contribution in [0.25, 0.3) is 11.1 Å². The van der Waals surface area contributed by atoms with Gasteiger partial charge in [0.2, 0.25) is 0 Å². The minimum atomic E-state index is -2.69. The largest absolute Gasteiger partial charge is 0.755 e. The highest BCUT2D eigenvalue weighted by atomic mass is 32.2. The Labute approximate surface area is 149 Å². The average Bonchev–Trinajstić information content (AvgIpc) is 2.59. The summed E-state index contributed by atoms with van der Waals surface area (Å²) in [4.78, 5) is 11.5. The van der Waals surface area contributed by atoms with E-state index in [-0.39, 0.29) is 5.92 Å². The van der Waals surface area contributed by atoms with E-state index >= 15 is 0 Å². The van der Waals surface area contributed by atoms with Gasteiger partial charge < -0.3 is 15.4 Å². The fourth-order valence-electron chi connectivity index (χ4n) is 2.63. The van der Waals surface area contributed by atoms with Gasteiger partial charge in [-0.15, -0.1) is 0 Å². The smallest absolute Gasteiger partial charge is 0.327 e. The summed E-state index contributed by atoms with van der Waals surface area (Å²) < 4.78 is 24.2. The SMILES string of the molecule is CC(C)C(C(=O)O)N(c1ccc(-c2ccc(CN)cc2)cc1)S(=O)[O-]. The van der Waals surface area contributed by atoms with Crippen LogP contribution >= 0.6 is 0 Å². The van der Waals surface area contributed by atoms with E-state index in [1.54, 1.807) is 38.1 Å². The second-order valence-corrected chi connectivity index (χ2v) is 6.85. The number of carboxylic acid groups (broad SMARTS) is 1. The van der Waals surface area contributed by atoms with Crippen molar-refractivity contribution >= 4 is 22.9 Å². The quantitative estimate of drug-likeness (QED) is 0.737. The van der Waals surface area contributed by atoms with E-state index in [1.165, 1.54) is 0 Å². The van der Waals surface area contributed by atoms with Crippen LogP contribution in [0.15, 0.2) is 48.5 Å². The summed E-state index contributed by atoms with van der Waals surface area (Å²) in [5.74, 6) is -1.56. The van der Waals surface area contributed by atoms with E-state index in [1.807, 2.05) is 24.3 Å². The highest BCUT2D eigenvalue weighted by Crippen LogP contribution is 2.27. The lowest BCUT2D eigenvalue weighted by Crippen LogP contribution is -2.45. The van der Waals surface area contributed by atoms with Gasteiger partial charge >= 0.3 is 5.97 Å². The minimum absolute atomic E-state index is 0.316. The van der Waals surface area contributed by atoms with E-state index < -0.39 is 23.3 Å². The van der Waals surface area contributed by atoms with Gasteiger partial charge in [0.1, 0.15) is 6.04 Å². The monoisotopic (exact) mass is 361 g/mol. The molecule has 25 heavy (non-hydrogen) atoms. The second-order valence-electron chi connectivity index (χ2n) is 6.02. The van der Waals surface area contributed by atoms with Gasteiger partial charge in [-0.2, -0.15) is 0 Å². The normalized spacial score (nSPS) is 13.5. The molecule has 0 heterocycles. The molecule has 0 fully saturated rings. The third kappa shape index (κ3) is 4.45. The van der Waals surface area contributed by atoms with Gasteiger partial charge in [-0.25, -0.2) is 4.79 Å². The fraction of sp³-hybridized carbons (Fsp3) is 0.278. The number of aliphatic carboxylic acids is 1. The summed E-state index contributed by atoms with van der Waals surface area (Å²) in [6.45, 7) is 3.81. The molecule has 134 valence electrons. The lowest BCUT2D eigenvalue weighted by atomic mass is 10.0. The Bertz CT molecular complexity index is 745. The van der Waals surface area contributed by atoms with E-state index in [9.17, 15) is 18.7 Å². The van der Waals surface area contributed by atoms with Crippen molar-refractivity contribution in [3.63, 3.8) is 0 Å². The number of carboxylic acids is 1. The summed E-state index contributed by atoms with van der Waals surface area (Å²) in [5.41, 5.74) is 8.80. The minimum Gasteiger partial charge on any atom is -0.755 e. The van der Waals surface area contributed by atoms with Crippen LogP contribution in [-0.2, 0) is 22.6 Å². The molecule has 2 rings (SSSR count). The Balaban J connectivity index is 2.34. The van der Waals surface area contributed by atoms with Gasteiger partial charge in [-0.05, 0) is 34.7 Å². The van der Waals surface area contributed by atoms with Crippen LogP contribution in [0.1, 0.15) is 19.4 Å². The molecule has 0 saturated carbocycles. The lowest BCUT2D eigenvalue weighted by Gasteiger charge is -2.34. The van der Waals surface area contributed by atoms with E-state index in [2.05, 4.69) is 0 Å². The molecule has 2 unspecified atom stereocenters. The Hall–Kier alpha value is -2.22. The Kier molecular flexibility index (Phi) is 6.30. The summed E-state index contributed by atoms with van der Waals surface area (Å²) in [6.07, 6.45) is 0. The molecule has 3 N–H and O–H groups in total. The van der Waals surface area contributed by atoms with Gasteiger partial charge in [0.05, 0.1) is 0 Å². The highest BCUT2D eigenvalue weighted by Gasteiger charge is 2.30. The molecule has 0 bridgehead atoms. The van der Waals surface area contributed by atoms with Gasteiger partial charge in [0.25, 0.3) is 0 Å². The maximum Gasteiger partial charge on any atom is 0.327 e. The molecular formula is C18H21N2O4S-. The van der Waals surface area contributed by atoms with Gasteiger partial charge in [0.15, 0.2) is 0 Å². The molecule has 2 aromatic rings. The van der Waals surface area contributed by atoms with Crippen molar-refractivity contribution in [2.75, 3.05) is 4.31 Å². The van der Waals surface area contributed by atoms with Crippen LogP contribution in [0.2, 0.25) is 0 Å². The zero-order valence-electron chi connectivity index (χ0n) is 14.1. The Morgan fingerprint density at radius 2 is 1.60 bits per heavy atom. The predicted molar refractivity (Wildman–Crippen MR) is 97.4 cm³/mol. The molecule has 0 aliphatic rings. The molecule has 0 aromatic heterocycles. The van der Waals surface area contributed by atoms with E-state index in [0.29, 0.717) is 12.2 Å². The zero-order chi connectivity index (χ0) is 18.6. The van der Waals surface area contributed by atoms with Crippen molar-refractivity contribution in [2.45, 2.75) is 26.4 Å². The summed E-state index contributed by atoms with van der Waals surface area (Å²) in [7, 11) is 0. The third-order valence-corrected chi connectivity index (χ3v) is 4.70. The number of benzene rings is 2. The van der Waals surface area contributed by atoms with Crippen LogP contribution in [0.4, 0.5) is 5.69 Å². The Morgan fingerprint density at radius 1 is 1.12 bits per heavy atom. The van der Waals surface area contributed by atoms with E-state index in [0.717, 1.165) is 21.0 Å². The molecule has 0 aliphatic carbocycles. The van der Waals surface area contributed by atoms with Crippen molar-refractivity contribution in [1.29, 1.82) is 0 Å². The highest BCUT2D eigenvalue weighted by molar-refractivity contribution is 7.80. The van der Waals surface area contributed by atoms with E-state index in [4.69, 9.17) is 5.73 Å². The maximum atomic E-state index is 11.6. The van der Waals surface area contributed by atoms with Crippen molar-refractivity contribution in [2.24, 2.45) is 11.7 Å². The van der Waals surface area contributed by atoms with Gasteiger partial charge in [-0.3, -0.25) is 8.51 Å². The second kappa shape index (κ2) is 8.24. The number of rotatable bonds is 7. The molecule has 6 nitrogen and oxygen atoms in total. The molecule has 0 amide bonds. The molecule has 7 heteroatoms. The van der Waals surface area contributed by atoms with Crippen molar-refractivity contribution < 1.29 is 18.7 Å². The number of anilines is 1. The van der Waals surface area contributed by atoms with Crippen LogP contribution in [-0.4, -0.2) is 25.9 Å². The van der Waals surface area contributed by atoms with Crippen molar-refractivity contribution in [1.82, 2.24) is 0 Å².